The van der Waals surface area contributed by atoms with Gasteiger partial charge in [-0.1, -0.05) is 0 Å². The number of carbonyl (C=O) groups is 1. The van der Waals surface area contributed by atoms with Crippen LogP contribution in [0.5, 0.6) is 0 Å². The van der Waals surface area contributed by atoms with Gasteiger partial charge in [-0.05, 0) is 56.4 Å². The van der Waals surface area contributed by atoms with Crippen molar-refractivity contribution in [3.63, 3.8) is 0 Å². The maximum absolute atomic E-state index is 12.9. The second-order valence-electron chi connectivity index (χ2n) is 6.62. The third-order valence-corrected chi connectivity index (χ3v) is 6.86. The Balaban J connectivity index is 1.86. The van der Waals surface area contributed by atoms with E-state index in [4.69, 9.17) is 5.73 Å². The van der Waals surface area contributed by atoms with Crippen LogP contribution in [0, 0.1) is 6.92 Å². The predicted molar refractivity (Wildman–Crippen MR) is 94.7 cm³/mol. The van der Waals surface area contributed by atoms with Gasteiger partial charge in [-0.3, -0.25) is 9.10 Å². The van der Waals surface area contributed by atoms with E-state index in [-0.39, 0.29) is 17.7 Å². The van der Waals surface area contributed by atoms with Crippen LogP contribution >= 0.6 is 0 Å². The molecule has 0 bridgehead atoms. The van der Waals surface area contributed by atoms with Crippen molar-refractivity contribution in [2.45, 2.75) is 38.6 Å². The summed E-state index contributed by atoms with van der Waals surface area (Å²) in [6.45, 7) is 3.59. The summed E-state index contributed by atoms with van der Waals surface area (Å²) in [5.41, 5.74) is 7.91. The van der Waals surface area contributed by atoms with Crippen molar-refractivity contribution in [1.82, 2.24) is 4.90 Å². The number of nitrogens with two attached hydrogens (primary N) is 1. The fourth-order valence-electron chi connectivity index (χ4n) is 3.64. The van der Waals surface area contributed by atoms with Crippen LogP contribution in [0.2, 0.25) is 0 Å². The van der Waals surface area contributed by atoms with Gasteiger partial charge in [0.05, 0.1) is 11.4 Å². The molecule has 3 rings (SSSR count). The number of hydrogen-bond donors (Lipinski definition) is 1. The number of amides is 1. The van der Waals surface area contributed by atoms with Crippen LogP contribution in [-0.4, -0.2) is 50.7 Å². The fraction of sp³-hybridized carbons (Fsp3) is 0.588. The molecule has 0 aromatic heterocycles. The van der Waals surface area contributed by atoms with Gasteiger partial charge in [0.2, 0.25) is 10.0 Å². The molecular weight excluding hydrogens is 326 g/mol. The summed E-state index contributed by atoms with van der Waals surface area (Å²) in [6.07, 6.45) is 3.71. The minimum Gasteiger partial charge on any atom is -0.334 e. The van der Waals surface area contributed by atoms with Crippen molar-refractivity contribution >= 4 is 21.6 Å². The van der Waals surface area contributed by atoms with Crippen molar-refractivity contribution in [2.24, 2.45) is 5.73 Å². The number of piperidine rings is 1. The van der Waals surface area contributed by atoms with Gasteiger partial charge in [-0.15, -0.1) is 0 Å². The molecule has 1 aromatic rings. The predicted octanol–water partition coefficient (Wildman–Crippen LogP) is 1.49. The first-order valence-corrected chi connectivity index (χ1v) is 10.2. The first-order chi connectivity index (χ1) is 11.4. The van der Waals surface area contributed by atoms with Gasteiger partial charge in [0.1, 0.15) is 0 Å². The van der Waals surface area contributed by atoms with E-state index in [1.165, 1.54) is 4.31 Å². The molecule has 1 amide bonds. The Kier molecular flexibility index (Phi) is 4.83. The topological polar surface area (TPSA) is 83.7 Å². The van der Waals surface area contributed by atoms with Gasteiger partial charge in [0, 0.05) is 31.2 Å². The quantitative estimate of drug-likeness (QED) is 0.894. The van der Waals surface area contributed by atoms with Gasteiger partial charge in [0.25, 0.3) is 5.91 Å². The van der Waals surface area contributed by atoms with Crippen LogP contribution in [-0.2, 0) is 10.0 Å². The number of hydrogen-bond acceptors (Lipinski definition) is 4. The molecule has 1 aromatic carbocycles. The molecule has 24 heavy (non-hydrogen) atoms. The van der Waals surface area contributed by atoms with Crippen molar-refractivity contribution in [1.29, 1.82) is 0 Å². The largest absolute Gasteiger partial charge is 0.334 e. The molecule has 0 saturated carbocycles. The molecule has 2 heterocycles. The molecule has 1 unspecified atom stereocenters. The molecule has 2 N–H and O–H groups in total. The summed E-state index contributed by atoms with van der Waals surface area (Å²) in [7, 11) is -3.20. The smallest absolute Gasteiger partial charge is 0.254 e. The molecule has 132 valence electrons. The van der Waals surface area contributed by atoms with E-state index in [1.54, 1.807) is 18.2 Å². The molecule has 2 aliphatic rings. The Labute approximate surface area is 143 Å². The highest BCUT2D eigenvalue weighted by atomic mass is 32.2. The molecule has 2 saturated heterocycles. The summed E-state index contributed by atoms with van der Waals surface area (Å²) in [5, 5.41) is 0. The average Bonchev–Trinajstić information content (AvgIpc) is 2.93. The van der Waals surface area contributed by atoms with Gasteiger partial charge >= 0.3 is 0 Å². The van der Waals surface area contributed by atoms with Crippen molar-refractivity contribution in [2.75, 3.05) is 29.7 Å². The zero-order valence-electron chi connectivity index (χ0n) is 14.1. The number of carbonyl (C=O) groups excluding carboxylic acids is 1. The molecule has 7 heteroatoms. The number of sulfonamides is 1. The van der Waals surface area contributed by atoms with E-state index >= 15 is 0 Å². The van der Waals surface area contributed by atoms with E-state index in [0.29, 0.717) is 30.8 Å². The van der Waals surface area contributed by atoms with Gasteiger partial charge < -0.3 is 10.6 Å². The van der Waals surface area contributed by atoms with E-state index in [2.05, 4.69) is 0 Å². The average molecular weight is 351 g/mol. The molecule has 0 aliphatic carbocycles. The van der Waals surface area contributed by atoms with Crippen LogP contribution in [0.15, 0.2) is 18.2 Å². The normalized spacial score (nSPS) is 23.5. The van der Waals surface area contributed by atoms with Crippen LogP contribution in [0.3, 0.4) is 0 Å². The Bertz CT molecular complexity index is 733. The molecule has 1 atom stereocenters. The first kappa shape index (κ1) is 17.2. The standard InChI is InChI=1S/C17H25N3O3S/c1-13-11-14(20-9-4-10-24(20,22)23)6-7-16(13)17(21)19-8-3-2-5-15(19)12-18/h6-7,11,15H,2-5,8-10,12,18H2,1H3. The number of rotatable bonds is 3. The minimum atomic E-state index is -3.20. The summed E-state index contributed by atoms with van der Waals surface area (Å²) in [6, 6.07) is 5.40. The van der Waals surface area contributed by atoms with Crippen LogP contribution in [0.4, 0.5) is 5.69 Å². The van der Waals surface area contributed by atoms with Crippen LogP contribution in [0.1, 0.15) is 41.6 Å². The highest BCUT2D eigenvalue weighted by Crippen LogP contribution is 2.27. The first-order valence-electron chi connectivity index (χ1n) is 8.56. The Morgan fingerprint density at radius 3 is 2.67 bits per heavy atom. The molecule has 0 radical (unpaired) electrons. The SMILES string of the molecule is Cc1cc(N2CCCS2(=O)=O)ccc1C(=O)N1CCCCC1CN. The second-order valence-corrected chi connectivity index (χ2v) is 8.64. The van der Waals surface area contributed by atoms with Gasteiger partial charge in [-0.2, -0.15) is 0 Å². The van der Waals surface area contributed by atoms with Gasteiger partial charge in [0.15, 0.2) is 0 Å². The van der Waals surface area contributed by atoms with E-state index in [1.807, 2.05) is 11.8 Å². The second kappa shape index (κ2) is 6.72. The zero-order chi connectivity index (χ0) is 17.3. The number of nitrogens with zero attached hydrogens (tertiary/aromatic N) is 2. The number of likely N-dealkylation sites (tertiary alicyclic amines) is 1. The monoisotopic (exact) mass is 351 g/mol. The van der Waals surface area contributed by atoms with E-state index < -0.39 is 10.0 Å². The lowest BCUT2D eigenvalue weighted by Gasteiger charge is -2.35. The molecule has 6 nitrogen and oxygen atoms in total. The third kappa shape index (κ3) is 3.15. The molecular formula is C17H25N3O3S. The van der Waals surface area contributed by atoms with Crippen LogP contribution < -0.4 is 10.0 Å². The minimum absolute atomic E-state index is 0.00141. The van der Waals surface area contributed by atoms with Crippen molar-refractivity contribution in [3.05, 3.63) is 29.3 Å². The zero-order valence-corrected chi connectivity index (χ0v) is 14.9. The number of benzene rings is 1. The summed E-state index contributed by atoms with van der Waals surface area (Å²) in [4.78, 5) is 14.8. The van der Waals surface area contributed by atoms with E-state index in [9.17, 15) is 13.2 Å². The molecule has 0 spiro atoms. The van der Waals surface area contributed by atoms with E-state index in [0.717, 1.165) is 31.4 Å². The maximum Gasteiger partial charge on any atom is 0.254 e. The number of anilines is 1. The summed E-state index contributed by atoms with van der Waals surface area (Å²) in [5.74, 6) is 0.192. The highest BCUT2D eigenvalue weighted by Gasteiger charge is 2.30. The third-order valence-electron chi connectivity index (χ3n) is 4.99. The van der Waals surface area contributed by atoms with Crippen LogP contribution in [0.25, 0.3) is 0 Å². The highest BCUT2D eigenvalue weighted by molar-refractivity contribution is 7.93. The summed E-state index contributed by atoms with van der Waals surface area (Å²) >= 11 is 0. The lowest BCUT2D eigenvalue weighted by atomic mass is 9.99. The van der Waals surface area contributed by atoms with Crippen molar-refractivity contribution in [3.8, 4) is 0 Å². The van der Waals surface area contributed by atoms with Crippen molar-refractivity contribution < 1.29 is 13.2 Å². The lowest BCUT2D eigenvalue weighted by molar-refractivity contribution is 0.0622. The Morgan fingerprint density at radius 2 is 2.04 bits per heavy atom. The fourth-order valence-corrected chi connectivity index (χ4v) is 5.20. The van der Waals surface area contributed by atoms with Gasteiger partial charge in [-0.25, -0.2) is 8.42 Å². The molecule has 2 fully saturated rings. The maximum atomic E-state index is 12.9. The Hall–Kier alpha value is -1.60. The number of aryl methyl sites for hydroxylation is 1. The molecule has 2 aliphatic heterocycles. The lowest BCUT2D eigenvalue weighted by Crippen LogP contribution is -2.47. The Morgan fingerprint density at radius 1 is 1.25 bits per heavy atom. The summed E-state index contributed by atoms with van der Waals surface area (Å²) < 4.78 is 25.6.